The van der Waals surface area contributed by atoms with Crippen molar-refractivity contribution in [3.63, 3.8) is 0 Å². The topological polar surface area (TPSA) is 107 Å². The van der Waals surface area contributed by atoms with Gasteiger partial charge in [-0.15, -0.1) is 11.8 Å². The molecule has 0 fully saturated rings. The summed E-state index contributed by atoms with van der Waals surface area (Å²) in [6.07, 6.45) is 5.27. The molecule has 0 radical (unpaired) electrons. The van der Waals surface area contributed by atoms with Crippen molar-refractivity contribution in [2.45, 2.75) is 36.6 Å². The molecule has 186 valence electrons. The van der Waals surface area contributed by atoms with E-state index in [9.17, 15) is 9.83 Å². The summed E-state index contributed by atoms with van der Waals surface area (Å²) in [6, 6.07) is 11.9. The lowest BCUT2D eigenvalue weighted by Gasteiger charge is -2.35. The van der Waals surface area contributed by atoms with Crippen molar-refractivity contribution < 1.29 is 4.57 Å². The maximum absolute atomic E-state index is 12.5. The van der Waals surface area contributed by atoms with E-state index in [2.05, 4.69) is 55.7 Å². The van der Waals surface area contributed by atoms with E-state index in [1.54, 1.807) is 31.5 Å². The Bertz CT molecular complexity index is 1370. The summed E-state index contributed by atoms with van der Waals surface area (Å²) in [7, 11) is -0.329. The van der Waals surface area contributed by atoms with Crippen molar-refractivity contribution in [1.29, 1.82) is 5.26 Å². The predicted octanol–water partition coefficient (Wildman–Crippen LogP) is 5.28. The molecule has 4 heterocycles. The SMILES string of the molecule is CN1Cc2cc(Nc3ncc(C#N)c(Nc4cccc(P(C)(C)=O)n4)n3)cc3c2C(CCCCS3)C1. The number of anilines is 4. The molecule has 0 spiro atoms. The van der Waals surface area contributed by atoms with Crippen LogP contribution < -0.4 is 16.1 Å². The van der Waals surface area contributed by atoms with E-state index >= 15 is 0 Å². The molecule has 2 aromatic heterocycles. The van der Waals surface area contributed by atoms with Crippen LogP contribution in [0.5, 0.6) is 0 Å². The minimum absolute atomic E-state index is 0.303. The average Bonchev–Trinajstić information content (AvgIpc) is 2.81. The van der Waals surface area contributed by atoms with Crippen LogP contribution in [0.3, 0.4) is 0 Å². The molecule has 0 amide bonds. The molecule has 0 bridgehead atoms. The Morgan fingerprint density at radius 1 is 1.19 bits per heavy atom. The summed E-state index contributed by atoms with van der Waals surface area (Å²) >= 11 is 1.94. The zero-order valence-electron chi connectivity index (χ0n) is 20.8. The Balaban J connectivity index is 1.45. The first-order valence-corrected chi connectivity index (χ1v) is 15.7. The highest BCUT2D eigenvalue weighted by molar-refractivity contribution is 7.99. The molecule has 10 heteroatoms. The molecule has 0 aliphatic carbocycles. The van der Waals surface area contributed by atoms with Crippen LogP contribution in [0.2, 0.25) is 0 Å². The van der Waals surface area contributed by atoms with Crippen molar-refractivity contribution in [2.24, 2.45) is 0 Å². The summed E-state index contributed by atoms with van der Waals surface area (Å²) < 4.78 is 12.5. The second kappa shape index (κ2) is 10.2. The van der Waals surface area contributed by atoms with E-state index in [0.29, 0.717) is 34.5 Å². The first kappa shape index (κ1) is 24.8. The number of hydrogen-bond donors (Lipinski definition) is 2. The fourth-order valence-electron chi connectivity index (χ4n) is 4.87. The zero-order chi connectivity index (χ0) is 25.3. The normalized spacial score (nSPS) is 17.9. The van der Waals surface area contributed by atoms with Crippen molar-refractivity contribution in [3.8, 4) is 6.07 Å². The number of likely N-dealkylation sites (N-methyl/N-ethyl adjacent to an activating group) is 1. The van der Waals surface area contributed by atoms with Crippen LogP contribution in [0.25, 0.3) is 0 Å². The van der Waals surface area contributed by atoms with E-state index in [1.165, 1.54) is 41.5 Å². The lowest BCUT2D eigenvalue weighted by atomic mass is 9.86. The molecule has 2 N–H and O–H groups in total. The third kappa shape index (κ3) is 5.41. The van der Waals surface area contributed by atoms with Crippen LogP contribution in [0, 0.1) is 11.3 Å². The number of hydrogen-bond acceptors (Lipinski definition) is 9. The Labute approximate surface area is 216 Å². The molecule has 1 aromatic carbocycles. The molecular weight excluding hydrogens is 489 g/mol. The van der Waals surface area contributed by atoms with E-state index in [4.69, 9.17) is 0 Å². The number of pyridine rings is 1. The molecule has 36 heavy (non-hydrogen) atoms. The average molecular weight is 520 g/mol. The fourth-order valence-corrected chi connectivity index (χ4v) is 6.89. The Hall–Kier alpha value is -2.92. The van der Waals surface area contributed by atoms with E-state index in [1.807, 2.05) is 11.8 Å². The highest BCUT2D eigenvalue weighted by Gasteiger charge is 2.28. The van der Waals surface area contributed by atoms with Crippen LogP contribution in [0.1, 0.15) is 41.9 Å². The maximum atomic E-state index is 12.5. The van der Waals surface area contributed by atoms with Crippen LogP contribution >= 0.6 is 18.9 Å². The first-order valence-electron chi connectivity index (χ1n) is 12.1. The highest BCUT2D eigenvalue weighted by atomic mass is 32.2. The number of benzene rings is 1. The number of nitrogens with one attached hydrogen (secondary N) is 2. The van der Waals surface area contributed by atoms with E-state index in [0.717, 1.165) is 24.5 Å². The van der Waals surface area contributed by atoms with E-state index < -0.39 is 7.14 Å². The number of nitriles is 1. The summed E-state index contributed by atoms with van der Waals surface area (Å²) in [5.74, 6) is 2.95. The van der Waals surface area contributed by atoms with Crippen LogP contribution in [-0.4, -0.2) is 52.5 Å². The quantitative estimate of drug-likeness (QED) is 0.435. The molecular formula is C26H30N7OPS. The highest BCUT2D eigenvalue weighted by Crippen LogP contribution is 2.42. The Morgan fingerprint density at radius 3 is 2.86 bits per heavy atom. The van der Waals surface area contributed by atoms with Gasteiger partial charge in [0.05, 0.1) is 6.20 Å². The number of aromatic nitrogens is 3. The second-order valence-corrected chi connectivity index (χ2v) is 14.1. The molecule has 8 nitrogen and oxygen atoms in total. The van der Waals surface area contributed by atoms with Crippen molar-refractivity contribution in [2.75, 3.05) is 43.3 Å². The smallest absolute Gasteiger partial charge is 0.229 e. The van der Waals surface area contributed by atoms with Gasteiger partial charge in [-0.3, -0.25) is 0 Å². The minimum atomic E-state index is -2.52. The van der Waals surface area contributed by atoms with Gasteiger partial charge in [0.25, 0.3) is 0 Å². The second-order valence-electron chi connectivity index (χ2n) is 9.83. The minimum Gasteiger partial charge on any atom is -0.324 e. The fraction of sp³-hybridized carbons (Fsp3) is 0.385. The van der Waals surface area contributed by atoms with E-state index in [-0.39, 0.29) is 0 Å². The van der Waals surface area contributed by atoms with Gasteiger partial charge in [0, 0.05) is 23.7 Å². The number of rotatable bonds is 5. The third-order valence-corrected chi connectivity index (χ3v) is 9.00. The van der Waals surface area contributed by atoms with Gasteiger partial charge in [-0.1, -0.05) is 12.5 Å². The first-order chi connectivity index (χ1) is 17.3. The third-order valence-electron chi connectivity index (χ3n) is 6.51. The monoisotopic (exact) mass is 519 g/mol. The summed E-state index contributed by atoms with van der Waals surface area (Å²) in [5, 5.41) is 16.1. The van der Waals surface area contributed by atoms with Crippen LogP contribution in [-0.2, 0) is 11.1 Å². The van der Waals surface area contributed by atoms with Gasteiger partial charge >= 0.3 is 0 Å². The predicted molar refractivity (Wildman–Crippen MR) is 147 cm³/mol. The summed E-state index contributed by atoms with van der Waals surface area (Å²) in [4.78, 5) is 17.2. The standard InChI is InChI=1S/C26H30N7OPS/c1-33-15-17-7-4-5-10-36-21-12-20(11-18(16-33)24(17)21)29-26-28-14-19(13-27)25(32-26)31-22-8-6-9-23(30-22)35(2,3)34/h6,8-9,11-12,14,17H,4-5,7,10,15-16H2,1-3H3,(H2,28,29,30,31,32). The molecule has 2 aliphatic heterocycles. The van der Waals surface area contributed by atoms with Crippen LogP contribution in [0.15, 0.2) is 41.4 Å². The van der Waals surface area contributed by atoms with Gasteiger partial charge in [-0.2, -0.15) is 10.2 Å². The van der Waals surface area contributed by atoms with Gasteiger partial charge in [0.2, 0.25) is 5.95 Å². The van der Waals surface area contributed by atoms with Crippen molar-refractivity contribution in [3.05, 3.63) is 53.2 Å². The molecule has 5 rings (SSSR count). The molecule has 0 saturated heterocycles. The molecule has 1 atom stereocenters. The lowest BCUT2D eigenvalue weighted by molar-refractivity contribution is 0.270. The van der Waals surface area contributed by atoms with Gasteiger partial charge < -0.3 is 20.1 Å². The van der Waals surface area contributed by atoms with Gasteiger partial charge in [-0.05, 0) is 80.3 Å². The molecule has 2 aliphatic rings. The Kier molecular flexibility index (Phi) is 7.03. The van der Waals surface area contributed by atoms with Crippen molar-refractivity contribution >= 4 is 47.6 Å². The summed E-state index contributed by atoms with van der Waals surface area (Å²) in [5.41, 5.74) is 4.65. The molecule has 3 aromatic rings. The van der Waals surface area contributed by atoms with Gasteiger partial charge in [-0.25, -0.2) is 9.97 Å². The molecule has 1 unspecified atom stereocenters. The van der Waals surface area contributed by atoms with Gasteiger partial charge in [0.1, 0.15) is 30.0 Å². The zero-order valence-corrected chi connectivity index (χ0v) is 22.5. The molecule has 0 saturated carbocycles. The summed E-state index contributed by atoms with van der Waals surface area (Å²) in [6.45, 7) is 5.40. The van der Waals surface area contributed by atoms with Gasteiger partial charge in [0.15, 0.2) is 5.82 Å². The lowest BCUT2D eigenvalue weighted by Crippen LogP contribution is -2.31. The Morgan fingerprint density at radius 2 is 2.06 bits per heavy atom. The largest absolute Gasteiger partial charge is 0.324 e. The number of nitrogens with zero attached hydrogens (tertiary/aromatic N) is 5. The van der Waals surface area contributed by atoms with Crippen LogP contribution in [0.4, 0.5) is 23.3 Å². The van der Waals surface area contributed by atoms with Crippen molar-refractivity contribution in [1.82, 2.24) is 19.9 Å². The maximum Gasteiger partial charge on any atom is 0.229 e. The number of thioether (sulfide) groups is 1.